The number of hydrogen-bond acceptors (Lipinski definition) is 0. The fourth-order valence-electron chi connectivity index (χ4n) is 4.65. The minimum absolute atomic E-state index is 0.337. The lowest BCUT2D eigenvalue weighted by Gasteiger charge is -2.30. The molecule has 0 spiro atoms. The van der Waals surface area contributed by atoms with Gasteiger partial charge in [0.2, 0.25) is 0 Å². The van der Waals surface area contributed by atoms with Crippen LogP contribution in [0.5, 0.6) is 0 Å². The van der Waals surface area contributed by atoms with E-state index in [2.05, 4.69) is 69.3 Å². The first kappa shape index (κ1) is 16.0. The molecule has 0 radical (unpaired) electrons. The van der Waals surface area contributed by atoms with Crippen LogP contribution >= 0.6 is 23.2 Å². The van der Waals surface area contributed by atoms with Crippen LogP contribution in [-0.4, -0.2) is 0 Å². The van der Waals surface area contributed by atoms with Gasteiger partial charge >= 0.3 is 0 Å². The zero-order valence-corrected chi connectivity index (χ0v) is 15.6. The van der Waals surface area contributed by atoms with Crippen LogP contribution in [0.2, 0.25) is 0 Å². The van der Waals surface area contributed by atoms with Gasteiger partial charge in [0.15, 0.2) is 0 Å². The molecule has 0 N–H and O–H groups in total. The normalized spacial score (nSPS) is 23.5. The first-order chi connectivity index (χ1) is 11.5. The quantitative estimate of drug-likeness (QED) is 0.536. The third kappa shape index (κ3) is 2.13. The molecule has 2 heteroatoms. The number of hydrogen-bond donors (Lipinski definition) is 0. The second-order valence-corrected chi connectivity index (χ2v) is 7.74. The molecule has 2 aromatic carbocycles. The van der Waals surface area contributed by atoms with Crippen LogP contribution in [0.4, 0.5) is 0 Å². The molecule has 0 nitrogen and oxygen atoms in total. The van der Waals surface area contributed by atoms with Gasteiger partial charge in [-0.3, -0.25) is 0 Å². The highest BCUT2D eigenvalue weighted by atomic mass is 35.5. The summed E-state index contributed by atoms with van der Waals surface area (Å²) in [6.45, 7) is 6.68. The molecule has 0 saturated heterocycles. The number of rotatable bonds is 2. The van der Waals surface area contributed by atoms with Gasteiger partial charge in [0.1, 0.15) is 0 Å². The predicted octanol–water partition coefficient (Wildman–Crippen LogP) is 7.16. The van der Waals surface area contributed by atoms with Crippen LogP contribution in [0.3, 0.4) is 0 Å². The zero-order chi connectivity index (χ0) is 17.0. The smallest absolute Gasteiger partial charge is 0.0476 e. The lowest BCUT2D eigenvalue weighted by Crippen LogP contribution is -2.18. The minimum atomic E-state index is 0.337. The molecule has 2 aliphatic rings. The summed E-state index contributed by atoms with van der Waals surface area (Å²) in [5, 5.41) is 1.84. The zero-order valence-electron chi connectivity index (χ0n) is 14.1. The molecule has 0 fully saturated rings. The van der Waals surface area contributed by atoms with Gasteiger partial charge in [0, 0.05) is 21.9 Å². The van der Waals surface area contributed by atoms with E-state index in [9.17, 15) is 0 Å². The van der Waals surface area contributed by atoms with Crippen molar-refractivity contribution in [1.29, 1.82) is 0 Å². The summed E-state index contributed by atoms with van der Waals surface area (Å²) in [4.78, 5) is 0. The molecule has 0 aromatic heterocycles. The van der Waals surface area contributed by atoms with Gasteiger partial charge < -0.3 is 0 Å². The van der Waals surface area contributed by atoms with E-state index in [1.165, 1.54) is 33.4 Å². The van der Waals surface area contributed by atoms with E-state index in [0.29, 0.717) is 17.8 Å². The topological polar surface area (TPSA) is 0 Å². The molecule has 2 aliphatic carbocycles. The van der Waals surface area contributed by atoms with Crippen molar-refractivity contribution in [2.45, 2.75) is 32.6 Å². The fourth-order valence-corrected chi connectivity index (χ4v) is 5.23. The number of allylic oxidation sites excluding steroid dienone is 2. The highest BCUT2D eigenvalue weighted by molar-refractivity contribution is 6.50. The van der Waals surface area contributed by atoms with Gasteiger partial charge in [0.25, 0.3) is 0 Å². The molecule has 2 atom stereocenters. The molecule has 0 aliphatic heterocycles. The monoisotopic (exact) mass is 354 g/mol. The van der Waals surface area contributed by atoms with Crippen molar-refractivity contribution in [3.05, 3.63) is 81.9 Å². The molecule has 4 rings (SSSR count). The summed E-state index contributed by atoms with van der Waals surface area (Å²) in [7, 11) is 0. The molecule has 2 aromatic rings. The van der Waals surface area contributed by atoms with Crippen LogP contribution < -0.4 is 0 Å². The van der Waals surface area contributed by atoms with Gasteiger partial charge in [-0.15, -0.1) is 0 Å². The van der Waals surface area contributed by atoms with Gasteiger partial charge in [0.05, 0.1) is 0 Å². The summed E-state index contributed by atoms with van der Waals surface area (Å²) in [5.74, 6) is 1.08. The Kier molecular flexibility index (Phi) is 3.86. The molecule has 0 bridgehead atoms. The standard InChI is InChI=1S/C22H20Cl2/c1-12(19-13(2)21(23)17-10-6-4-8-15(17)19)20-14(3)22(24)18-11-7-5-9-16(18)20/h4-12,19-20H,1-3H3. The second kappa shape index (κ2) is 5.79. The lowest BCUT2D eigenvalue weighted by atomic mass is 9.73. The second-order valence-electron chi connectivity index (χ2n) is 6.98. The Morgan fingerprint density at radius 1 is 0.708 bits per heavy atom. The molecule has 0 amide bonds. The van der Waals surface area contributed by atoms with Crippen LogP contribution in [-0.2, 0) is 0 Å². The van der Waals surface area contributed by atoms with E-state index in [-0.39, 0.29) is 0 Å². The van der Waals surface area contributed by atoms with Crippen LogP contribution in [0.25, 0.3) is 10.1 Å². The molecular formula is C22H20Cl2. The predicted molar refractivity (Wildman–Crippen MR) is 104 cm³/mol. The first-order valence-electron chi connectivity index (χ1n) is 8.43. The molecular weight excluding hydrogens is 335 g/mol. The number of benzene rings is 2. The summed E-state index contributed by atoms with van der Waals surface area (Å²) >= 11 is 13.3. The maximum atomic E-state index is 6.65. The molecule has 0 heterocycles. The Labute approximate surface area is 153 Å². The minimum Gasteiger partial charge on any atom is -0.0837 e. The van der Waals surface area contributed by atoms with Crippen LogP contribution in [0.15, 0.2) is 59.7 Å². The highest BCUT2D eigenvalue weighted by Crippen LogP contribution is 2.55. The largest absolute Gasteiger partial charge is 0.0837 e. The van der Waals surface area contributed by atoms with E-state index in [1.54, 1.807) is 0 Å². The van der Waals surface area contributed by atoms with Crippen LogP contribution in [0, 0.1) is 5.92 Å². The average Bonchev–Trinajstić information content (AvgIpc) is 3.00. The van der Waals surface area contributed by atoms with Gasteiger partial charge in [-0.25, -0.2) is 0 Å². The first-order valence-corrected chi connectivity index (χ1v) is 9.19. The van der Waals surface area contributed by atoms with Gasteiger partial charge in [-0.2, -0.15) is 0 Å². The van der Waals surface area contributed by atoms with Crippen molar-refractivity contribution >= 4 is 33.3 Å². The summed E-state index contributed by atoms with van der Waals surface area (Å²) in [6.07, 6.45) is 0. The highest BCUT2D eigenvalue weighted by Gasteiger charge is 2.39. The summed E-state index contributed by atoms with van der Waals surface area (Å²) < 4.78 is 0. The summed E-state index contributed by atoms with van der Waals surface area (Å²) in [5.41, 5.74) is 7.62. The maximum Gasteiger partial charge on any atom is 0.0476 e. The van der Waals surface area contributed by atoms with E-state index in [4.69, 9.17) is 23.2 Å². The van der Waals surface area contributed by atoms with Crippen molar-refractivity contribution < 1.29 is 0 Å². The van der Waals surface area contributed by atoms with Crippen LogP contribution in [0.1, 0.15) is 54.9 Å². The van der Waals surface area contributed by atoms with Crippen molar-refractivity contribution in [3.63, 3.8) is 0 Å². The SMILES string of the molecule is CC1=C(Cl)c2ccccc2C1C(C)C1C(C)=C(Cl)c2ccccc21. The van der Waals surface area contributed by atoms with E-state index in [1.807, 2.05) is 0 Å². The Hall–Kier alpha value is -1.50. The lowest BCUT2D eigenvalue weighted by molar-refractivity contribution is 0.455. The third-order valence-corrected chi connectivity index (χ3v) is 6.75. The van der Waals surface area contributed by atoms with Gasteiger partial charge in [-0.1, -0.05) is 78.7 Å². The van der Waals surface area contributed by atoms with Gasteiger partial charge in [-0.05, 0) is 53.2 Å². The molecule has 24 heavy (non-hydrogen) atoms. The Morgan fingerprint density at radius 2 is 1.08 bits per heavy atom. The average molecular weight is 355 g/mol. The molecule has 2 unspecified atom stereocenters. The Balaban J connectivity index is 1.82. The van der Waals surface area contributed by atoms with E-state index < -0.39 is 0 Å². The number of fused-ring (bicyclic) bond motifs is 2. The van der Waals surface area contributed by atoms with Crippen molar-refractivity contribution in [3.8, 4) is 0 Å². The maximum absolute atomic E-state index is 6.65. The molecule has 122 valence electrons. The van der Waals surface area contributed by atoms with Crippen molar-refractivity contribution in [2.24, 2.45) is 5.92 Å². The summed E-state index contributed by atoms with van der Waals surface area (Å²) in [6, 6.07) is 17.0. The fraction of sp³-hybridized carbons (Fsp3) is 0.273. The third-order valence-electron chi connectivity index (χ3n) is 5.74. The Morgan fingerprint density at radius 3 is 1.50 bits per heavy atom. The number of halogens is 2. The Bertz CT molecular complexity index is 815. The van der Waals surface area contributed by atoms with E-state index >= 15 is 0 Å². The molecule has 0 saturated carbocycles. The van der Waals surface area contributed by atoms with Crippen molar-refractivity contribution in [2.75, 3.05) is 0 Å². The van der Waals surface area contributed by atoms with E-state index in [0.717, 1.165) is 10.1 Å². The van der Waals surface area contributed by atoms with Crippen molar-refractivity contribution in [1.82, 2.24) is 0 Å².